The Morgan fingerprint density at radius 2 is 1.63 bits per heavy atom. The van der Waals surface area contributed by atoms with E-state index in [1.165, 1.54) is 6.07 Å². The molecule has 0 saturated carbocycles. The second kappa shape index (κ2) is 11.4. The highest BCUT2D eigenvalue weighted by molar-refractivity contribution is 9.10. The fraction of sp³-hybridized carbons (Fsp3) is 0.208. The number of rotatable bonds is 7. The van der Waals surface area contributed by atoms with E-state index in [1.807, 2.05) is 56.3 Å². The third-order valence-electron chi connectivity index (χ3n) is 4.36. The van der Waals surface area contributed by atoms with E-state index in [2.05, 4.69) is 33.4 Å². The first-order valence-electron chi connectivity index (χ1n) is 9.69. The normalized spacial score (nSPS) is 11.2. The smallest absolute Gasteiger partial charge is 0.325 e. The van der Waals surface area contributed by atoms with Crippen LogP contribution in [0.1, 0.15) is 31.0 Å². The van der Waals surface area contributed by atoms with Crippen LogP contribution >= 0.6 is 15.9 Å². The topological polar surface area (TPSA) is 78.8 Å². The van der Waals surface area contributed by atoms with Crippen LogP contribution in [-0.4, -0.2) is 23.2 Å². The van der Waals surface area contributed by atoms with Crippen molar-refractivity contribution in [2.24, 2.45) is 0 Å². The molecule has 0 aliphatic rings. The van der Waals surface area contributed by atoms with Gasteiger partial charge in [0, 0.05) is 0 Å². The van der Waals surface area contributed by atoms with Crippen LogP contribution in [0.2, 0.25) is 0 Å². The number of ether oxygens (including phenoxy) is 1. The number of carbonyl (C=O) groups is 1. The van der Waals surface area contributed by atoms with Crippen molar-refractivity contribution in [3.05, 3.63) is 82.3 Å². The molecule has 0 radical (unpaired) electrons. The maximum Gasteiger partial charge on any atom is 0.325 e. The molecule has 0 spiro atoms. The van der Waals surface area contributed by atoms with Gasteiger partial charge in [-0.15, -0.1) is 0 Å². The predicted molar refractivity (Wildman–Crippen MR) is 123 cm³/mol. The Hall–Kier alpha value is -2.83. The van der Waals surface area contributed by atoms with Crippen molar-refractivity contribution in [2.75, 3.05) is 7.05 Å². The van der Waals surface area contributed by atoms with Crippen LogP contribution in [-0.2, 0) is 11.4 Å². The van der Waals surface area contributed by atoms with E-state index in [-0.39, 0.29) is 18.1 Å². The molecule has 0 aliphatic carbocycles. The van der Waals surface area contributed by atoms with Gasteiger partial charge in [0.05, 0.1) is 4.47 Å². The standard InChI is InChI=1S/C22H20BrNO4.C2H6/c1-24-20(22(26)27)17-11-18(23)21(19(25)12-17)28-13-14-7-9-16(10-8-14)15-5-3-2-4-6-15;1-2/h2-12,20,24-25H,13H2,1H3,(H,26,27);1-2H3. The number of nitrogens with one attached hydrogen (secondary N) is 1. The molecule has 0 saturated heterocycles. The molecule has 0 bridgehead atoms. The van der Waals surface area contributed by atoms with Crippen molar-refractivity contribution >= 4 is 21.9 Å². The minimum absolute atomic E-state index is 0.119. The number of hydrogen-bond donors (Lipinski definition) is 3. The summed E-state index contributed by atoms with van der Waals surface area (Å²) < 4.78 is 6.25. The molecule has 0 fully saturated rings. The molecule has 3 aromatic rings. The Kier molecular flexibility index (Phi) is 8.89. The highest BCUT2D eigenvalue weighted by Gasteiger charge is 2.21. The maximum atomic E-state index is 11.3. The molecular weight excluding hydrogens is 446 g/mol. The average molecular weight is 472 g/mol. The summed E-state index contributed by atoms with van der Waals surface area (Å²) in [7, 11) is 1.55. The number of aliphatic carboxylic acids is 1. The van der Waals surface area contributed by atoms with Crippen molar-refractivity contribution in [3.63, 3.8) is 0 Å². The molecular formula is C24H26BrNO4. The molecule has 3 aromatic carbocycles. The van der Waals surface area contributed by atoms with Gasteiger partial charge >= 0.3 is 5.97 Å². The van der Waals surface area contributed by atoms with Gasteiger partial charge in [-0.3, -0.25) is 4.79 Å². The van der Waals surface area contributed by atoms with Crippen LogP contribution in [0.25, 0.3) is 11.1 Å². The van der Waals surface area contributed by atoms with Gasteiger partial charge in [0.1, 0.15) is 12.6 Å². The molecule has 6 heteroatoms. The summed E-state index contributed by atoms with van der Waals surface area (Å²) in [5.41, 5.74) is 3.64. The fourth-order valence-electron chi connectivity index (χ4n) is 2.92. The molecule has 5 nitrogen and oxygen atoms in total. The molecule has 3 N–H and O–H groups in total. The Bertz CT molecular complexity index is 936. The summed E-state index contributed by atoms with van der Waals surface area (Å²) in [4.78, 5) is 11.3. The van der Waals surface area contributed by atoms with Crippen LogP contribution in [0.5, 0.6) is 11.5 Å². The van der Waals surface area contributed by atoms with E-state index in [0.717, 1.165) is 16.7 Å². The van der Waals surface area contributed by atoms with Crippen molar-refractivity contribution in [3.8, 4) is 22.6 Å². The van der Waals surface area contributed by atoms with Crippen molar-refractivity contribution in [1.82, 2.24) is 5.32 Å². The zero-order valence-electron chi connectivity index (χ0n) is 17.2. The summed E-state index contributed by atoms with van der Waals surface area (Å²) in [6, 6.07) is 20.2. The molecule has 0 aliphatic heterocycles. The molecule has 1 unspecified atom stereocenters. The largest absolute Gasteiger partial charge is 0.504 e. The minimum atomic E-state index is -1.03. The number of hydrogen-bond acceptors (Lipinski definition) is 4. The molecule has 3 rings (SSSR count). The summed E-state index contributed by atoms with van der Waals surface area (Å²) in [6.07, 6.45) is 0. The Labute approximate surface area is 185 Å². The highest BCUT2D eigenvalue weighted by Crippen LogP contribution is 2.38. The van der Waals surface area contributed by atoms with Gasteiger partial charge in [0.25, 0.3) is 0 Å². The number of likely N-dealkylation sites (N-methyl/N-ethyl adjacent to an activating group) is 1. The number of phenols is 1. The SMILES string of the molecule is CC.CNC(C(=O)O)c1cc(O)c(OCc2ccc(-c3ccccc3)cc2)c(Br)c1. The number of halogens is 1. The summed E-state index contributed by atoms with van der Waals surface area (Å²) in [5.74, 6) is -0.871. The van der Waals surface area contributed by atoms with E-state index in [4.69, 9.17) is 4.74 Å². The third kappa shape index (κ3) is 5.84. The lowest BCUT2D eigenvalue weighted by molar-refractivity contribution is -0.139. The summed E-state index contributed by atoms with van der Waals surface area (Å²) in [5, 5.41) is 22.2. The quantitative estimate of drug-likeness (QED) is 0.407. The van der Waals surface area contributed by atoms with Gasteiger partial charge in [0.2, 0.25) is 0 Å². The van der Waals surface area contributed by atoms with Gasteiger partial charge in [-0.05, 0) is 57.4 Å². The first kappa shape index (κ1) is 23.4. The van der Waals surface area contributed by atoms with E-state index in [0.29, 0.717) is 10.0 Å². The van der Waals surface area contributed by atoms with Crippen LogP contribution in [0.4, 0.5) is 0 Å². The van der Waals surface area contributed by atoms with Gasteiger partial charge in [0.15, 0.2) is 11.5 Å². The second-order valence-corrected chi connectivity index (χ2v) is 7.12. The molecule has 0 aromatic heterocycles. The van der Waals surface area contributed by atoms with E-state index < -0.39 is 12.0 Å². The molecule has 30 heavy (non-hydrogen) atoms. The van der Waals surface area contributed by atoms with Crippen molar-refractivity contribution in [2.45, 2.75) is 26.5 Å². The summed E-state index contributed by atoms with van der Waals surface area (Å²) >= 11 is 3.35. The van der Waals surface area contributed by atoms with Crippen LogP contribution in [0.3, 0.4) is 0 Å². The molecule has 0 heterocycles. The monoisotopic (exact) mass is 471 g/mol. The van der Waals surface area contributed by atoms with Crippen LogP contribution in [0, 0.1) is 0 Å². The fourth-order valence-corrected chi connectivity index (χ4v) is 3.50. The van der Waals surface area contributed by atoms with Crippen LogP contribution in [0.15, 0.2) is 71.2 Å². The van der Waals surface area contributed by atoms with E-state index in [1.54, 1.807) is 13.1 Å². The number of carboxylic acid groups (broad SMARTS) is 1. The highest BCUT2D eigenvalue weighted by atomic mass is 79.9. The second-order valence-electron chi connectivity index (χ2n) is 6.26. The summed E-state index contributed by atoms with van der Waals surface area (Å²) in [6.45, 7) is 4.27. The lowest BCUT2D eigenvalue weighted by Gasteiger charge is -2.16. The lowest BCUT2D eigenvalue weighted by Crippen LogP contribution is -2.24. The van der Waals surface area contributed by atoms with E-state index >= 15 is 0 Å². The third-order valence-corrected chi connectivity index (χ3v) is 4.95. The lowest BCUT2D eigenvalue weighted by atomic mass is 10.0. The average Bonchev–Trinajstić information content (AvgIpc) is 2.76. The van der Waals surface area contributed by atoms with Gasteiger partial charge in [-0.2, -0.15) is 0 Å². The predicted octanol–water partition coefficient (Wildman–Crippen LogP) is 5.77. The molecule has 0 amide bonds. The Balaban J connectivity index is 0.00000155. The van der Waals surface area contributed by atoms with Crippen LogP contribution < -0.4 is 10.1 Å². The molecule has 1 atom stereocenters. The molecule has 158 valence electrons. The van der Waals surface area contributed by atoms with E-state index in [9.17, 15) is 15.0 Å². The first-order chi connectivity index (χ1) is 14.5. The van der Waals surface area contributed by atoms with Gasteiger partial charge < -0.3 is 20.3 Å². The van der Waals surface area contributed by atoms with Crippen molar-refractivity contribution in [1.29, 1.82) is 0 Å². The number of benzene rings is 3. The zero-order chi connectivity index (χ0) is 22.1. The van der Waals surface area contributed by atoms with Crippen molar-refractivity contribution < 1.29 is 19.7 Å². The van der Waals surface area contributed by atoms with Gasteiger partial charge in [-0.1, -0.05) is 68.4 Å². The zero-order valence-corrected chi connectivity index (χ0v) is 18.8. The number of carboxylic acids is 1. The Morgan fingerprint density at radius 1 is 1.03 bits per heavy atom. The number of phenolic OH excluding ortho intramolecular Hbond substituents is 1. The maximum absolute atomic E-state index is 11.3. The van der Waals surface area contributed by atoms with Gasteiger partial charge in [-0.25, -0.2) is 0 Å². The number of aromatic hydroxyl groups is 1. The Morgan fingerprint density at radius 3 is 2.17 bits per heavy atom. The minimum Gasteiger partial charge on any atom is -0.504 e. The first-order valence-corrected chi connectivity index (χ1v) is 10.5.